The lowest BCUT2D eigenvalue weighted by Gasteiger charge is -2.44. The Kier molecular flexibility index (Phi) is 29.6. The molecule has 1 N–H and O–H groups in total. The van der Waals surface area contributed by atoms with E-state index in [1.165, 1.54) is 140 Å². The zero-order chi connectivity index (χ0) is 43.5. The molecule has 0 radical (unpaired) electrons. The van der Waals surface area contributed by atoms with Gasteiger partial charge in [0, 0.05) is 32.7 Å². The van der Waals surface area contributed by atoms with E-state index in [0.717, 1.165) is 43.2 Å². The van der Waals surface area contributed by atoms with E-state index in [2.05, 4.69) is 92.7 Å². The summed E-state index contributed by atoms with van der Waals surface area (Å²) in [6.07, 6.45) is 32.6. The molecule has 0 saturated carbocycles. The second-order valence-electron chi connectivity index (χ2n) is 17.9. The van der Waals surface area contributed by atoms with Gasteiger partial charge in [-0.2, -0.15) is 0 Å². The topological polar surface area (TPSA) is 59.0 Å². The van der Waals surface area contributed by atoms with Gasteiger partial charge in [-0.05, 0) is 29.5 Å². The Morgan fingerprint density at radius 3 is 1.36 bits per heavy atom. The highest BCUT2D eigenvalue weighted by Crippen LogP contribution is 2.49. The summed E-state index contributed by atoms with van der Waals surface area (Å²) in [7, 11) is 1.68. The van der Waals surface area contributed by atoms with Gasteiger partial charge in [-0.25, -0.2) is 0 Å². The molecule has 1 amide bonds. The summed E-state index contributed by atoms with van der Waals surface area (Å²) >= 11 is 0. The molecular formula is C56H89NO4. The van der Waals surface area contributed by atoms with Crippen molar-refractivity contribution in [2.45, 2.75) is 198 Å². The molecule has 5 nitrogen and oxygen atoms in total. The Bertz CT molecular complexity index is 1390. The van der Waals surface area contributed by atoms with Crippen LogP contribution < -0.4 is 0 Å². The molecule has 0 heterocycles. The highest BCUT2D eigenvalue weighted by Gasteiger charge is 2.51. The highest BCUT2D eigenvalue weighted by atomic mass is 16.5. The number of aliphatic hydroxyl groups excluding tert-OH is 1. The minimum Gasteiger partial charge on any atom is -0.389 e. The Morgan fingerprint density at radius 1 is 0.541 bits per heavy atom. The van der Waals surface area contributed by atoms with Crippen LogP contribution in [0.1, 0.15) is 203 Å². The summed E-state index contributed by atoms with van der Waals surface area (Å²) < 4.78 is 11.7. The third kappa shape index (κ3) is 20.4. The SMILES string of the molecule is CCCCCCCCCCCCCCCCOCC(O)CN(CCOC)C(=O)C(c1ccccc1)(c1ccccc1)C(CCCCCCCCCCCCC)c1ccccc1. The summed E-state index contributed by atoms with van der Waals surface area (Å²) in [5.41, 5.74) is 2.10. The van der Waals surface area contributed by atoms with E-state index in [1.807, 2.05) is 17.0 Å². The lowest BCUT2D eigenvalue weighted by molar-refractivity contribution is -0.139. The van der Waals surface area contributed by atoms with E-state index >= 15 is 4.79 Å². The number of unbranched alkanes of at least 4 members (excludes halogenated alkanes) is 23. The first-order valence-electron chi connectivity index (χ1n) is 25.3. The molecule has 0 spiro atoms. The third-order valence-corrected chi connectivity index (χ3v) is 12.9. The normalized spacial score (nSPS) is 12.7. The molecule has 3 aromatic carbocycles. The maximum absolute atomic E-state index is 15.9. The van der Waals surface area contributed by atoms with Crippen LogP contribution in [0.25, 0.3) is 0 Å². The summed E-state index contributed by atoms with van der Waals surface area (Å²) in [6, 6.07) is 31.5. The van der Waals surface area contributed by atoms with Gasteiger partial charge in [0.15, 0.2) is 0 Å². The molecule has 5 heteroatoms. The molecule has 3 rings (SSSR count). The Morgan fingerprint density at radius 2 is 0.934 bits per heavy atom. The fourth-order valence-electron chi connectivity index (χ4n) is 9.35. The number of hydrogen-bond acceptors (Lipinski definition) is 4. The van der Waals surface area contributed by atoms with Crippen LogP contribution in [0.4, 0.5) is 0 Å². The number of nitrogens with zero attached hydrogens (tertiary/aromatic N) is 1. The van der Waals surface area contributed by atoms with Crippen molar-refractivity contribution in [1.29, 1.82) is 0 Å². The number of benzene rings is 3. The number of ether oxygens (including phenoxy) is 2. The number of amides is 1. The molecule has 3 aromatic rings. The lowest BCUT2D eigenvalue weighted by atomic mass is 9.61. The molecule has 0 aliphatic heterocycles. The predicted molar refractivity (Wildman–Crippen MR) is 260 cm³/mol. The molecule has 0 fully saturated rings. The summed E-state index contributed by atoms with van der Waals surface area (Å²) in [5.74, 6) is -0.117. The molecule has 0 aliphatic carbocycles. The number of aliphatic hydroxyl groups is 1. The Labute approximate surface area is 374 Å². The lowest BCUT2D eigenvalue weighted by Crippen LogP contribution is -2.54. The first kappa shape index (κ1) is 52.4. The average molecular weight is 840 g/mol. The number of carbonyl (C=O) groups excluding carboxylic acids is 1. The molecule has 2 unspecified atom stereocenters. The molecule has 61 heavy (non-hydrogen) atoms. The zero-order valence-corrected chi connectivity index (χ0v) is 39.4. The van der Waals surface area contributed by atoms with Gasteiger partial charge in [0.1, 0.15) is 5.41 Å². The summed E-state index contributed by atoms with van der Waals surface area (Å²) in [6.45, 7) is 6.35. The van der Waals surface area contributed by atoms with Gasteiger partial charge in [-0.15, -0.1) is 0 Å². The predicted octanol–water partition coefficient (Wildman–Crippen LogP) is 14.8. The second kappa shape index (κ2) is 34.5. The minimum absolute atomic E-state index is 0.00454. The third-order valence-electron chi connectivity index (χ3n) is 12.9. The van der Waals surface area contributed by atoms with Crippen LogP contribution in [0.15, 0.2) is 91.0 Å². The molecular weight excluding hydrogens is 751 g/mol. The molecule has 0 aromatic heterocycles. The maximum atomic E-state index is 15.9. The van der Waals surface area contributed by atoms with Crippen molar-refractivity contribution in [1.82, 2.24) is 4.90 Å². The number of hydrogen-bond donors (Lipinski definition) is 1. The quantitative estimate of drug-likeness (QED) is 0.0582. The van der Waals surface area contributed by atoms with Crippen LogP contribution in [-0.2, 0) is 19.7 Å². The highest BCUT2D eigenvalue weighted by molar-refractivity contribution is 5.93. The molecule has 0 bridgehead atoms. The minimum atomic E-state index is -1.02. The van der Waals surface area contributed by atoms with E-state index in [1.54, 1.807) is 7.11 Å². The fraction of sp³-hybridized carbons (Fsp3) is 0.661. The molecule has 0 saturated heterocycles. The summed E-state index contributed by atoms with van der Waals surface area (Å²) in [5, 5.41) is 11.5. The van der Waals surface area contributed by atoms with Crippen LogP contribution in [0, 0.1) is 0 Å². The van der Waals surface area contributed by atoms with Crippen LogP contribution in [0.3, 0.4) is 0 Å². The van der Waals surface area contributed by atoms with Gasteiger partial charge >= 0.3 is 0 Å². The molecule has 2 atom stereocenters. The van der Waals surface area contributed by atoms with Crippen LogP contribution in [0.5, 0.6) is 0 Å². The van der Waals surface area contributed by atoms with Crippen molar-refractivity contribution < 1.29 is 19.4 Å². The maximum Gasteiger partial charge on any atom is 0.238 e. The van der Waals surface area contributed by atoms with Gasteiger partial charge < -0.3 is 19.5 Å². The van der Waals surface area contributed by atoms with Gasteiger partial charge in [-0.1, -0.05) is 259 Å². The smallest absolute Gasteiger partial charge is 0.238 e. The van der Waals surface area contributed by atoms with Crippen molar-refractivity contribution in [3.05, 3.63) is 108 Å². The van der Waals surface area contributed by atoms with Crippen LogP contribution in [-0.4, -0.2) is 62.0 Å². The van der Waals surface area contributed by atoms with Crippen molar-refractivity contribution in [2.75, 3.05) is 40.0 Å². The van der Waals surface area contributed by atoms with Crippen LogP contribution >= 0.6 is 0 Å². The fourth-order valence-corrected chi connectivity index (χ4v) is 9.35. The Balaban J connectivity index is 1.68. The zero-order valence-electron chi connectivity index (χ0n) is 39.4. The average Bonchev–Trinajstić information content (AvgIpc) is 3.29. The second-order valence-corrected chi connectivity index (χ2v) is 17.9. The van der Waals surface area contributed by atoms with E-state index in [9.17, 15) is 5.11 Å². The Hall–Kier alpha value is -2.99. The van der Waals surface area contributed by atoms with Gasteiger partial charge in [0.05, 0.1) is 19.3 Å². The molecule has 0 aliphatic rings. The first-order chi connectivity index (χ1) is 30.1. The van der Waals surface area contributed by atoms with Gasteiger partial charge in [0.25, 0.3) is 0 Å². The molecule has 342 valence electrons. The van der Waals surface area contributed by atoms with Crippen molar-refractivity contribution in [3.8, 4) is 0 Å². The first-order valence-corrected chi connectivity index (χ1v) is 25.3. The standard InChI is InChI=1S/C56H89NO4/c1-4-6-8-10-12-14-16-17-18-20-22-24-26-37-46-61-49-53(58)48-57(45-47-60-3)55(59)56(51-40-32-28-33-41-51,52-42-34-29-35-43-52)54(50-38-30-27-31-39-50)44-36-25-23-21-19-15-13-11-9-7-5-2/h27-35,38-43,53-54,58H,4-26,36-37,44-49H2,1-3H3. The van der Waals surface area contributed by atoms with Crippen molar-refractivity contribution in [3.63, 3.8) is 0 Å². The number of carbonyl (C=O) groups is 1. The largest absolute Gasteiger partial charge is 0.389 e. The monoisotopic (exact) mass is 840 g/mol. The van der Waals surface area contributed by atoms with Crippen LogP contribution in [0.2, 0.25) is 0 Å². The number of rotatable bonds is 39. The van der Waals surface area contributed by atoms with Crippen molar-refractivity contribution >= 4 is 5.91 Å². The summed E-state index contributed by atoms with van der Waals surface area (Å²) in [4.78, 5) is 17.7. The van der Waals surface area contributed by atoms with E-state index in [0.29, 0.717) is 19.8 Å². The van der Waals surface area contributed by atoms with E-state index < -0.39 is 11.5 Å². The van der Waals surface area contributed by atoms with Crippen molar-refractivity contribution in [2.24, 2.45) is 0 Å². The van der Waals surface area contributed by atoms with E-state index in [4.69, 9.17) is 9.47 Å². The number of methoxy groups -OCH3 is 1. The van der Waals surface area contributed by atoms with Gasteiger partial charge in [-0.3, -0.25) is 4.79 Å². The van der Waals surface area contributed by atoms with Gasteiger partial charge in [0.2, 0.25) is 5.91 Å². The van der Waals surface area contributed by atoms with E-state index in [-0.39, 0.29) is 25.0 Å².